The lowest BCUT2D eigenvalue weighted by molar-refractivity contribution is 0.746. The minimum absolute atomic E-state index is 0.645. The fraction of sp³-hybridized carbons (Fsp3) is 0.500. The van der Waals surface area contributed by atoms with Gasteiger partial charge in [0.25, 0.3) is 5.78 Å². The number of likely N-dealkylation sites (N-methyl/N-ethyl adjacent to an activating group) is 2. The van der Waals surface area contributed by atoms with E-state index in [-0.39, 0.29) is 0 Å². The Hall–Kier alpha value is -1.69. The van der Waals surface area contributed by atoms with Crippen molar-refractivity contribution in [2.75, 3.05) is 32.1 Å². The van der Waals surface area contributed by atoms with Crippen molar-refractivity contribution in [3.63, 3.8) is 0 Å². The molecule has 0 aliphatic carbocycles. The highest BCUT2D eigenvalue weighted by molar-refractivity contribution is 5.46. The Morgan fingerprint density at radius 1 is 1.50 bits per heavy atom. The molecule has 0 atom stereocenters. The molecule has 0 bridgehead atoms. The molecule has 0 radical (unpaired) electrons. The number of aromatic nitrogens is 4. The highest BCUT2D eigenvalue weighted by Crippen LogP contribution is 2.13. The summed E-state index contributed by atoms with van der Waals surface area (Å²) in [6, 6.07) is 2.01. The van der Waals surface area contributed by atoms with Gasteiger partial charge in [0, 0.05) is 31.9 Å². The number of anilines is 1. The van der Waals surface area contributed by atoms with Gasteiger partial charge in [-0.15, -0.1) is 0 Å². The van der Waals surface area contributed by atoms with Crippen LogP contribution in [-0.2, 0) is 0 Å². The van der Waals surface area contributed by atoms with Crippen molar-refractivity contribution in [3.8, 4) is 0 Å². The van der Waals surface area contributed by atoms with Crippen molar-refractivity contribution in [3.05, 3.63) is 18.1 Å². The molecule has 86 valence electrons. The van der Waals surface area contributed by atoms with Gasteiger partial charge in [0.05, 0.1) is 0 Å². The lowest BCUT2D eigenvalue weighted by atomic mass is 10.4. The van der Waals surface area contributed by atoms with Crippen LogP contribution in [0.1, 0.15) is 5.69 Å². The smallest absolute Gasteiger partial charge is 0.254 e. The Morgan fingerprint density at radius 2 is 2.31 bits per heavy atom. The van der Waals surface area contributed by atoms with Crippen molar-refractivity contribution in [1.29, 1.82) is 0 Å². The van der Waals surface area contributed by atoms with Crippen molar-refractivity contribution in [1.82, 2.24) is 24.9 Å². The van der Waals surface area contributed by atoms with Crippen LogP contribution in [0.3, 0.4) is 0 Å². The van der Waals surface area contributed by atoms with E-state index >= 15 is 0 Å². The monoisotopic (exact) mass is 220 g/mol. The average Bonchev–Trinajstić information content (AvgIpc) is 2.72. The molecule has 2 rings (SSSR count). The second kappa shape index (κ2) is 4.44. The maximum absolute atomic E-state index is 4.31. The zero-order valence-electron chi connectivity index (χ0n) is 9.80. The second-order valence-electron chi connectivity index (χ2n) is 3.75. The van der Waals surface area contributed by atoms with Crippen LogP contribution < -0.4 is 10.2 Å². The van der Waals surface area contributed by atoms with Gasteiger partial charge in [-0.05, 0) is 14.0 Å². The molecule has 16 heavy (non-hydrogen) atoms. The fourth-order valence-electron chi connectivity index (χ4n) is 1.58. The second-order valence-corrected chi connectivity index (χ2v) is 3.75. The Bertz CT molecular complexity index is 477. The summed E-state index contributed by atoms with van der Waals surface area (Å²) in [7, 11) is 3.98. The maximum atomic E-state index is 4.31. The van der Waals surface area contributed by atoms with Gasteiger partial charge in [0.2, 0.25) is 0 Å². The molecule has 0 amide bonds. The van der Waals surface area contributed by atoms with Gasteiger partial charge in [-0.3, -0.25) is 0 Å². The van der Waals surface area contributed by atoms with Crippen LogP contribution in [0.5, 0.6) is 0 Å². The molecule has 6 heteroatoms. The highest BCUT2D eigenvalue weighted by atomic mass is 15.4. The summed E-state index contributed by atoms with van der Waals surface area (Å²) < 4.78 is 1.75. The van der Waals surface area contributed by atoms with Crippen molar-refractivity contribution in [2.45, 2.75) is 6.92 Å². The molecule has 2 heterocycles. The lowest BCUT2D eigenvalue weighted by Gasteiger charge is -2.19. The highest BCUT2D eigenvalue weighted by Gasteiger charge is 2.08. The fourth-order valence-corrected chi connectivity index (χ4v) is 1.58. The quantitative estimate of drug-likeness (QED) is 0.791. The molecule has 0 aliphatic heterocycles. The van der Waals surface area contributed by atoms with E-state index < -0.39 is 0 Å². The first-order valence-electron chi connectivity index (χ1n) is 5.25. The third kappa shape index (κ3) is 1.96. The van der Waals surface area contributed by atoms with E-state index in [0.29, 0.717) is 5.78 Å². The van der Waals surface area contributed by atoms with E-state index in [1.54, 1.807) is 4.52 Å². The first-order chi connectivity index (χ1) is 7.72. The molecule has 0 spiro atoms. The van der Waals surface area contributed by atoms with Crippen molar-refractivity contribution >= 4 is 11.6 Å². The van der Waals surface area contributed by atoms with Crippen LogP contribution in [0.25, 0.3) is 5.78 Å². The van der Waals surface area contributed by atoms with Gasteiger partial charge in [0.15, 0.2) is 0 Å². The zero-order chi connectivity index (χ0) is 11.5. The molecule has 2 aromatic rings. The van der Waals surface area contributed by atoms with Crippen LogP contribution in [0.4, 0.5) is 5.82 Å². The molecular formula is C10H16N6. The van der Waals surface area contributed by atoms with Crippen LogP contribution in [0.15, 0.2) is 12.4 Å². The van der Waals surface area contributed by atoms with E-state index in [0.717, 1.165) is 24.6 Å². The molecule has 0 fully saturated rings. The molecule has 0 aliphatic rings. The SMILES string of the molecule is CNCCN(C)c1cc(C)nc2ncnn12. The number of nitrogens with zero attached hydrogens (tertiary/aromatic N) is 5. The largest absolute Gasteiger partial charge is 0.358 e. The molecule has 2 aromatic heterocycles. The number of hydrogen-bond acceptors (Lipinski definition) is 5. The topological polar surface area (TPSA) is 58.3 Å². The summed E-state index contributed by atoms with van der Waals surface area (Å²) in [5.41, 5.74) is 0.951. The Kier molecular flexibility index (Phi) is 3.00. The molecule has 1 N–H and O–H groups in total. The molecular weight excluding hydrogens is 204 g/mol. The van der Waals surface area contributed by atoms with Gasteiger partial charge < -0.3 is 10.2 Å². The minimum Gasteiger partial charge on any atom is -0.358 e. The van der Waals surface area contributed by atoms with Gasteiger partial charge in [-0.1, -0.05) is 0 Å². The van der Waals surface area contributed by atoms with Crippen LogP contribution in [0, 0.1) is 6.92 Å². The summed E-state index contributed by atoms with van der Waals surface area (Å²) in [6.45, 7) is 3.80. The summed E-state index contributed by atoms with van der Waals surface area (Å²) in [4.78, 5) is 10.5. The molecule has 6 nitrogen and oxygen atoms in total. The van der Waals surface area contributed by atoms with Gasteiger partial charge >= 0.3 is 0 Å². The lowest BCUT2D eigenvalue weighted by Crippen LogP contribution is -2.28. The number of nitrogens with one attached hydrogen (secondary N) is 1. The predicted octanol–water partition coefficient (Wildman–Crippen LogP) is 0.0883. The van der Waals surface area contributed by atoms with Crippen LogP contribution in [-0.4, -0.2) is 46.8 Å². The minimum atomic E-state index is 0.645. The van der Waals surface area contributed by atoms with E-state index in [2.05, 4.69) is 25.3 Å². The Labute approximate surface area is 94.3 Å². The van der Waals surface area contributed by atoms with Gasteiger partial charge in [-0.2, -0.15) is 14.6 Å². The van der Waals surface area contributed by atoms with E-state index in [4.69, 9.17) is 0 Å². The van der Waals surface area contributed by atoms with Crippen molar-refractivity contribution < 1.29 is 0 Å². The normalized spacial score (nSPS) is 10.9. The van der Waals surface area contributed by atoms with E-state index in [9.17, 15) is 0 Å². The molecule has 0 unspecified atom stereocenters. The van der Waals surface area contributed by atoms with Crippen molar-refractivity contribution in [2.24, 2.45) is 0 Å². The summed E-state index contributed by atoms with van der Waals surface area (Å²) in [5, 5.41) is 7.29. The summed E-state index contributed by atoms with van der Waals surface area (Å²) in [5.74, 6) is 1.65. The number of aryl methyl sites for hydroxylation is 1. The number of rotatable bonds is 4. The maximum Gasteiger partial charge on any atom is 0.254 e. The first kappa shape index (κ1) is 10.8. The standard InChI is InChI=1S/C10H16N6/c1-8-6-9(15(3)5-4-11-2)16-10(14-8)12-7-13-16/h6-7,11H,4-5H2,1-3H3. The third-order valence-corrected chi connectivity index (χ3v) is 2.45. The third-order valence-electron chi connectivity index (χ3n) is 2.45. The van der Waals surface area contributed by atoms with E-state index in [1.165, 1.54) is 6.33 Å². The first-order valence-corrected chi connectivity index (χ1v) is 5.25. The summed E-state index contributed by atoms with van der Waals surface area (Å²) in [6.07, 6.45) is 1.52. The zero-order valence-corrected chi connectivity index (χ0v) is 9.80. The van der Waals surface area contributed by atoms with Crippen LogP contribution in [0.2, 0.25) is 0 Å². The molecule has 0 saturated heterocycles. The summed E-state index contributed by atoms with van der Waals surface area (Å²) >= 11 is 0. The Morgan fingerprint density at radius 3 is 3.06 bits per heavy atom. The van der Waals surface area contributed by atoms with Gasteiger partial charge in [-0.25, -0.2) is 4.98 Å². The van der Waals surface area contributed by atoms with Crippen LogP contribution >= 0.6 is 0 Å². The molecule has 0 saturated carbocycles. The molecule has 0 aromatic carbocycles. The number of fused-ring (bicyclic) bond motifs is 1. The van der Waals surface area contributed by atoms with E-state index in [1.807, 2.05) is 27.1 Å². The van der Waals surface area contributed by atoms with Gasteiger partial charge in [0.1, 0.15) is 12.1 Å². The number of hydrogen-bond donors (Lipinski definition) is 1. The predicted molar refractivity (Wildman–Crippen MR) is 62.7 cm³/mol. The average molecular weight is 220 g/mol. The Balaban J connectivity index is 2.38.